The summed E-state index contributed by atoms with van der Waals surface area (Å²) in [4.78, 5) is 12.6. The molecule has 3 nitrogen and oxygen atoms in total. The molecule has 0 amide bonds. The van der Waals surface area contributed by atoms with Gasteiger partial charge in [-0.25, -0.2) is 0 Å². The van der Waals surface area contributed by atoms with Crippen molar-refractivity contribution >= 4 is 5.97 Å². The van der Waals surface area contributed by atoms with E-state index < -0.39 is 0 Å². The van der Waals surface area contributed by atoms with Gasteiger partial charge in [-0.2, -0.15) is 5.26 Å². The number of hydrogen-bond donors (Lipinski definition) is 0. The molecule has 0 aromatic carbocycles. The van der Waals surface area contributed by atoms with E-state index in [2.05, 4.69) is 19.9 Å². The topological polar surface area (TPSA) is 50.1 Å². The van der Waals surface area contributed by atoms with Crippen molar-refractivity contribution < 1.29 is 9.53 Å². The van der Waals surface area contributed by atoms with Crippen molar-refractivity contribution in [1.29, 1.82) is 5.26 Å². The van der Waals surface area contributed by atoms with Gasteiger partial charge in [-0.1, -0.05) is 52.4 Å². The molecule has 2 saturated carbocycles. The summed E-state index contributed by atoms with van der Waals surface area (Å²) in [5, 5.41) is 9.65. The van der Waals surface area contributed by atoms with Gasteiger partial charge in [-0.3, -0.25) is 4.79 Å². The summed E-state index contributed by atoms with van der Waals surface area (Å²) in [6, 6.07) is 2.59. The maximum Gasteiger partial charge on any atom is 0.309 e. The van der Waals surface area contributed by atoms with Crippen LogP contribution in [-0.2, 0) is 9.53 Å². The molecule has 2 aliphatic rings. The Hall–Kier alpha value is -1.04. The fourth-order valence-corrected chi connectivity index (χ4v) is 4.83. The number of unbranched alkanes of at least 4 members (excludes halogenated alkanes) is 3. The molecule has 0 aromatic rings. The van der Waals surface area contributed by atoms with E-state index in [4.69, 9.17) is 4.74 Å². The van der Waals surface area contributed by atoms with Crippen molar-refractivity contribution in [2.75, 3.05) is 0 Å². The first kappa shape index (κ1) is 21.3. The second kappa shape index (κ2) is 11.0. The third kappa shape index (κ3) is 6.29. The van der Waals surface area contributed by atoms with Gasteiger partial charge in [0, 0.05) is 0 Å². The van der Waals surface area contributed by atoms with E-state index in [0.29, 0.717) is 0 Å². The predicted molar refractivity (Wildman–Crippen MR) is 106 cm³/mol. The summed E-state index contributed by atoms with van der Waals surface area (Å²) >= 11 is 0. The van der Waals surface area contributed by atoms with Crippen LogP contribution in [0.15, 0.2) is 0 Å². The first-order chi connectivity index (χ1) is 12.6. The van der Waals surface area contributed by atoms with Crippen LogP contribution in [0.2, 0.25) is 0 Å². The smallest absolute Gasteiger partial charge is 0.309 e. The van der Waals surface area contributed by atoms with E-state index >= 15 is 0 Å². The Morgan fingerprint density at radius 1 is 1.00 bits per heavy atom. The summed E-state index contributed by atoms with van der Waals surface area (Å²) in [5.41, 5.74) is -0.177. The number of carbonyl (C=O) groups is 1. The molecule has 0 saturated heterocycles. The van der Waals surface area contributed by atoms with Crippen LogP contribution in [0, 0.1) is 28.6 Å². The lowest BCUT2D eigenvalue weighted by atomic mass is 9.69. The van der Waals surface area contributed by atoms with Gasteiger partial charge in [0.25, 0.3) is 0 Å². The number of rotatable bonds is 9. The molecule has 0 N–H and O–H groups in total. The highest BCUT2D eigenvalue weighted by molar-refractivity contribution is 5.72. The molecule has 0 heterocycles. The van der Waals surface area contributed by atoms with Gasteiger partial charge in [-0.15, -0.1) is 0 Å². The Morgan fingerprint density at radius 3 is 2.23 bits per heavy atom. The van der Waals surface area contributed by atoms with Crippen LogP contribution < -0.4 is 0 Å². The average Bonchev–Trinajstić information content (AvgIpc) is 2.68. The highest BCUT2D eigenvalue weighted by atomic mass is 16.5. The first-order valence-electron chi connectivity index (χ1n) is 11.2. The van der Waals surface area contributed by atoms with Crippen LogP contribution in [0.25, 0.3) is 0 Å². The maximum absolute atomic E-state index is 12.6. The maximum atomic E-state index is 12.6. The molecule has 26 heavy (non-hydrogen) atoms. The van der Waals surface area contributed by atoms with Crippen molar-refractivity contribution in [3.05, 3.63) is 0 Å². The largest absolute Gasteiger partial charge is 0.462 e. The van der Waals surface area contributed by atoms with Gasteiger partial charge in [-0.05, 0) is 63.7 Å². The van der Waals surface area contributed by atoms with Crippen LogP contribution >= 0.6 is 0 Å². The Morgan fingerprint density at radius 2 is 1.65 bits per heavy atom. The number of esters is 1. The average molecular weight is 362 g/mol. The van der Waals surface area contributed by atoms with Crippen molar-refractivity contribution in [3.63, 3.8) is 0 Å². The minimum absolute atomic E-state index is 0.0158. The first-order valence-corrected chi connectivity index (χ1v) is 11.2. The van der Waals surface area contributed by atoms with Gasteiger partial charge in [0.05, 0.1) is 17.4 Å². The normalized spacial score (nSPS) is 32.0. The zero-order valence-corrected chi connectivity index (χ0v) is 17.1. The molecule has 0 atom stereocenters. The van der Waals surface area contributed by atoms with Gasteiger partial charge < -0.3 is 4.74 Å². The second-order valence-corrected chi connectivity index (χ2v) is 8.85. The van der Waals surface area contributed by atoms with E-state index in [-0.39, 0.29) is 23.4 Å². The molecule has 0 aromatic heterocycles. The molecule has 0 radical (unpaired) electrons. The summed E-state index contributed by atoms with van der Waals surface area (Å²) in [5.74, 6) is 0.890. The fourth-order valence-electron chi connectivity index (χ4n) is 4.83. The molecule has 0 spiro atoms. The molecular weight excluding hydrogens is 322 g/mol. The number of carbonyl (C=O) groups excluding carboxylic acids is 1. The lowest BCUT2D eigenvalue weighted by Gasteiger charge is -2.35. The van der Waals surface area contributed by atoms with Crippen LogP contribution in [0.1, 0.15) is 110 Å². The third-order valence-electron chi connectivity index (χ3n) is 6.81. The van der Waals surface area contributed by atoms with Gasteiger partial charge in [0.2, 0.25) is 0 Å². The van der Waals surface area contributed by atoms with E-state index in [1.54, 1.807) is 0 Å². The summed E-state index contributed by atoms with van der Waals surface area (Å²) in [7, 11) is 0. The van der Waals surface area contributed by atoms with Gasteiger partial charge in [0.1, 0.15) is 6.10 Å². The fraction of sp³-hybridized carbons (Fsp3) is 0.913. The zero-order chi connectivity index (χ0) is 18.8. The Bertz CT molecular complexity index is 451. The van der Waals surface area contributed by atoms with Crippen LogP contribution in [0.5, 0.6) is 0 Å². The molecule has 0 unspecified atom stereocenters. The number of ether oxygens (including phenoxy) is 1. The minimum Gasteiger partial charge on any atom is -0.462 e. The van der Waals surface area contributed by atoms with Crippen molar-refractivity contribution in [2.24, 2.45) is 17.3 Å². The molecule has 0 bridgehead atoms. The predicted octanol–water partition coefficient (Wildman–Crippen LogP) is 6.56. The molecule has 0 aliphatic heterocycles. The van der Waals surface area contributed by atoms with E-state index in [1.807, 2.05) is 0 Å². The van der Waals surface area contributed by atoms with Crippen LogP contribution in [0.3, 0.4) is 0 Å². The zero-order valence-electron chi connectivity index (χ0n) is 17.1. The van der Waals surface area contributed by atoms with Crippen molar-refractivity contribution in [3.8, 4) is 6.07 Å². The lowest BCUT2D eigenvalue weighted by Crippen LogP contribution is -2.33. The Balaban J connectivity index is 1.71. The molecule has 2 fully saturated rings. The van der Waals surface area contributed by atoms with Crippen LogP contribution in [0.4, 0.5) is 0 Å². The Kier molecular flexibility index (Phi) is 8.96. The van der Waals surface area contributed by atoms with Crippen LogP contribution in [-0.4, -0.2) is 12.1 Å². The van der Waals surface area contributed by atoms with Crippen molar-refractivity contribution in [1.82, 2.24) is 0 Å². The molecule has 148 valence electrons. The second-order valence-electron chi connectivity index (χ2n) is 8.85. The minimum atomic E-state index is -0.177. The number of nitriles is 1. The quantitative estimate of drug-likeness (QED) is 0.345. The Labute approximate surface area is 160 Å². The summed E-state index contributed by atoms with van der Waals surface area (Å²) in [6.07, 6.45) is 16.6. The standard InChI is InChI=1S/C23H39NO2/c1-3-5-7-15-23(18-24)16-13-20(14-17-23)22(25)26-21-11-9-19(10-12-21)8-6-4-2/h19-21H,3-17H2,1-2H3. The molecule has 2 aliphatic carbocycles. The molecular formula is C23H39NO2. The summed E-state index contributed by atoms with van der Waals surface area (Å²) in [6.45, 7) is 4.45. The van der Waals surface area contributed by atoms with E-state index in [0.717, 1.165) is 57.3 Å². The molecule has 2 rings (SSSR count). The summed E-state index contributed by atoms with van der Waals surface area (Å²) < 4.78 is 5.86. The number of nitrogens with zero attached hydrogens (tertiary/aromatic N) is 1. The van der Waals surface area contributed by atoms with E-state index in [1.165, 1.54) is 44.9 Å². The highest BCUT2D eigenvalue weighted by Crippen LogP contribution is 2.43. The van der Waals surface area contributed by atoms with Crippen molar-refractivity contribution in [2.45, 2.75) is 116 Å². The monoisotopic (exact) mass is 361 g/mol. The third-order valence-corrected chi connectivity index (χ3v) is 6.81. The van der Waals surface area contributed by atoms with E-state index in [9.17, 15) is 10.1 Å². The van der Waals surface area contributed by atoms with Gasteiger partial charge in [0.15, 0.2) is 0 Å². The highest BCUT2D eigenvalue weighted by Gasteiger charge is 2.38. The molecule has 3 heteroatoms. The SMILES string of the molecule is CCCCCC1(C#N)CCC(C(=O)OC2CCC(CCCC)CC2)CC1. The van der Waals surface area contributed by atoms with Gasteiger partial charge >= 0.3 is 5.97 Å². The lowest BCUT2D eigenvalue weighted by molar-refractivity contribution is -0.157. The number of hydrogen-bond acceptors (Lipinski definition) is 3.